The molecule has 2 fully saturated rings. The van der Waals surface area contributed by atoms with E-state index in [4.69, 9.17) is 10.5 Å². The third-order valence-corrected chi connectivity index (χ3v) is 5.80. The van der Waals surface area contributed by atoms with E-state index >= 15 is 0 Å². The van der Waals surface area contributed by atoms with Gasteiger partial charge in [0.25, 0.3) is 0 Å². The summed E-state index contributed by atoms with van der Waals surface area (Å²) in [6.07, 6.45) is 8.24. The van der Waals surface area contributed by atoms with Gasteiger partial charge in [-0.2, -0.15) is 0 Å². The van der Waals surface area contributed by atoms with Crippen molar-refractivity contribution >= 4 is 11.8 Å². The Hall–Kier alpha value is -0.510. The highest BCUT2D eigenvalue weighted by Gasteiger charge is 2.41. The van der Waals surface area contributed by atoms with Gasteiger partial charge >= 0.3 is 0 Å². The Bertz CT molecular complexity index is 454. The highest BCUT2D eigenvalue weighted by atomic mass is 32.2. The van der Waals surface area contributed by atoms with Crippen molar-refractivity contribution in [1.29, 1.82) is 0 Å². The molecule has 1 spiro atoms. The Kier molecular flexibility index (Phi) is 4.39. The molecule has 1 aliphatic heterocycles. The summed E-state index contributed by atoms with van der Waals surface area (Å²) >= 11 is 1.91. The fourth-order valence-electron chi connectivity index (χ4n) is 3.48. The summed E-state index contributed by atoms with van der Waals surface area (Å²) in [5, 5.41) is 0. The molecule has 1 aromatic carbocycles. The van der Waals surface area contributed by atoms with E-state index in [0.717, 1.165) is 5.75 Å². The summed E-state index contributed by atoms with van der Waals surface area (Å²) in [5.74, 6) is 1.07. The van der Waals surface area contributed by atoms with Gasteiger partial charge < -0.3 is 10.5 Å². The largest absolute Gasteiger partial charge is 0.371 e. The fourth-order valence-corrected chi connectivity index (χ4v) is 4.48. The molecule has 2 atom stereocenters. The van der Waals surface area contributed by atoms with Gasteiger partial charge in [-0.15, -0.1) is 11.8 Å². The third kappa shape index (κ3) is 3.21. The number of benzene rings is 1. The number of thioether (sulfide) groups is 1. The van der Waals surface area contributed by atoms with E-state index in [1.807, 2.05) is 18.7 Å². The molecule has 3 rings (SSSR count). The van der Waals surface area contributed by atoms with E-state index in [1.54, 1.807) is 0 Å². The van der Waals surface area contributed by atoms with Gasteiger partial charge in [0.2, 0.25) is 0 Å². The molecule has 1 saturated carbocycles. The lowest BCUT2D eigenvalue weighted by atomic mass is 9.98. The number of rotatable bonds is 4. The van der Waals surface area contributed by atoms with E-state index in [2.05, 4.69) is 24.3 Å². The Morgan fingerprint density at radius 3 is 2.90 bits per heavy atom. The maximum Gasteiger partial charge on any atom is 0.0687 e. The second-order valence-corrected chi connectivity index (χ2v) is 7.43. The molecule has 3 heteroatoms. The lowest BCUT2D eigenvalue weighted by Gasteiger charge is -2.23. The Morgan fingerprint density at radius 2 is 2.15 bits per heavy atom. The SMILES string of the molecule is CC(N)c1cccc(SCC2CCC3(CCCC3)O2)c1. The molecule has 0 bridgehead atoms. The van der Waals surface area contributed by atoms with Crippen LogP contribution in [0.1, 0.15) is 57.1 Å². The minimum absolute atomic E-state index is 0.111. The molecule has 0 amide bonds. The summed E-state index contributed by atoms with van der Waals surface area (Å²) in [6, 6.07) is 8.72. The van der Waals surface area contributed by atoms with Crippen LogP contribution in [0.5, 0.6) is 0 Å². The number of hydrogen-bond donors (Lipinski definition) is 1. The van der Waals surface area contributed by atoms with Crippen LogP contribution < -0.4 is 5.73 Å². The van der Waals surface area contributed by atoms with Crippen molar-refractivity contribution in [1.82, 2.24) is 0 Å². The maximum absolute atomic E-state index is 6.36. The number of hydrogen-bond acceptors (Lipinski definition) is 3. The average Bonchev–Trinajstić information content (AvgIpc) is 3.08. The fraction of sp³-hybridized carbons (Fsp3) is 0.647. The van der Waals surface area contributed by atoms with Gasteiger partial charge in [0.15, 0.2) is 0 Å². The third-order valence-electron chi connectivity index (χ3n) is 4.67. The van der Waals surface area contributed by atoms with Gasteiger partial charge in [-0.1, -0.05) is 25.0 Å². The van der Waals surface area contributed by atoms with E-state index in [1.165, 1.54) is 49.0 Å². The zero-order valence-electron chi connectivity index (χ0n) is 12.3. The van der Waals surface area contributed by atoms with Gasteiger partial charge in [0.05, 0.1) is 11.7 Å². The molecular formula is C17H25NOS. The zero-order chi connectivity index (χ0) is 14.0. The van der Waals surface area contributed by atoms with Gasteiger partial charge in [-0.25, -0.2) is 0 Å². The van der Waals surface area contributed by atoms with Crippen LogP contribution in [0.2, 0.25) is 0 Å². The normalized spacial score (nSPS) is 26.2. The Balaban J connectivity index is 1.54. The molecule has 0 aromatic heterocycles. The average molecular weight is 291 g/mol. The summed E-state index contributed by atoms with van der Waals surface area (Å²) < 4.78 is 6.36. The van der Waals surface area contributed by atoms with Crippen LogP contribution in [0.15, 0.2) is 29.2 Å². The van der Waals surface area contributed by atoms with Crippen molar-refractivity contribution in [3.63, 3.8) is 0 Å². The first-order valence-corrected chi connectivity index (χ1v) is 8.82. The minimum Gasteiger partial charge on any atom is -0.371 e. The van der Waals surface area contributed by atoms with Crippen molar-refractivity contribution in [3.05, 3.63) is 29.8 Å². The summed E-state index contributed by atoms with van der Waals surface area (Å²) in [7, 11) is 0. The molecular weight excluding hydrogens is 266 g/mol. The van der Waals surface area contributed by atoms with Crippen molar-refractivity contribution in [2.24, 2.45) is 5.73 Å². The second kappa shape index (κ2) is 6.08. The molecule has 1 heterocycles. The lowest BCUT2D eigenvalue weighted by Crippen LogP contribution is -2.25. The summed E-state index contributed by atoms with van der Waals surface area (Å²) in [5.41, 5.74) is 7.43. The molecule has 2 N–H and O–H groups in total. The number of nitrogens with two attached hydrogens (primary N) is 1. The predicted molar refractivity (Wildman–Crippen MR) is 85.1 cm³/mol. The molecule has 1 aliphatic carbocycles. The molecule has 0 radical (unpaired) electrons. The van der Waals surface area contributed by atoms with Crippen molar-refractivity contribution in [2.45, 2.75) is 68.1 Å². The van der Waals surface area contributed by atoms with Crippen LogP contribution in [0.3, 0.4) is 0 Å². The van der Waals surface area contributed by atoms with Crippen LogP contribution in [-0.4, -0.2) is 17.5 Å². The van der Waals surface area contributed by atoms with Crippen molar-refractivity contribution in [2.75, 3.05) is 5.75 Å². The standard InChI is InChI=1S/C17H25NOS/c1-13(18)14-5-4-6-16(11-14)20-12-15-7-10-17(19-15)8-2-3-9-17/h4-6,11,13,15H,2-3,7-10,12,18H2,1H3. The first-order valence-electron chi connectivity index (χ1n) is 7.83. The van der Waals surface area contributed by atoms with Gasteiger partial charge in [-0.05, 0) is 50.3 Å². The van der Waals surface area contributed by atoms with Crippen LogP contribution in [-0.2, 0) is 4.74 Å². The van der Waals surface area contributed by atoms with Gasteiger partial charge in [0.1, 0.15) is 0 Å². The van der Waals surface area contributed by atoms with E-state index < -0.39 is 0 Å². The van der Waals surface area contributed by atoms with Crippen LogP contribution in [0, 0.1) is 0 Å². The van der Waals surface area contributed by atoms with E-state index in [-0.39, 0.29) is 11.6 Å². The van der Waals surface area contributed by atoms with E-state index in [9.17, 15) is 0 Å². The molecule has 1 saturated heterocycles. The topological polar surface area (TPSA) is 35.2 Å². The molecule has 20 heavy (non-hydrogen) atoms. The highest BCUT2D eigenvalue weighted by Crippen LogP contribution is 2.44. The molecule has 110 valence electrons. The predicted octanol–water partition coefficient (Wildman–Crippen LogP) is 4.29. The first-order chi connectivity index (χ1) is 9.67. The quantitative estimate of drug-likeness (QED) is 0.840. The van der Waals surface area contributed by atoms with Crippen molar-refractivity contribution in [3.8, 4) is 0 Å². The Labute approximate surface area is 126 Å². The summed E-state index contributed by atoms with van der Waals surface area (Å²) in [6.45, 7) is 2.04. The molecule has 2 nitrogen and oxygen atoms in total. The molecule has 2 aliphatic rings. The van der Waals surface area contributed by atoms with Gasteiger partial charge in [0, 0.05) is 16.7 Å². The van der Waals surface area contributed by atoms with Gasteiger partial charge in [-0.3, -0.25) is 0 Å². The van der Waals surface area contributed by atoms with Crippen LogP contribution in [0.4, 0.5) is 0 Å². The maximum atomic E-state index is 6.36. The molecule has 2 unspecified atom stereocenters. The van der Waals surface area contributed by atoms with Crippen molar-refractivity contribution < 1.29 is 4.74 Å². The monoisotopic (exact) mass is 291 g/mol. The minimum atomic E-state index is 0.111. The summed E-state index contributed by atoms with van der Waals surface area (Å²) in [4.78, 5) is 1.32. The van der Waals surface area contributed by atoms with Crippen LogP contribution >= 0.6 is 11.8 Å². The first kappa shape index (κ1) is 14.4. The second-order valence-electron chi connectivity index (χ2n) is 6.34. The zero-order valence-corrected chi connectivity index (χ0v) is 13.1. The number of ether oxygens (including phenoxy) is 1. The lowest BCUT2D eigenvalue weighted by molar-refractivity contribution is -0.0267. The molecule has 1 aromatic rings. The van der Waals surface area contributed by atoms with E-state index in [0.29, 0.717) is 6.10 Å². The smallest absolute Gasteiger partial charge is 0.0687 e. The highest BCUT2D eigenvalue weighted by molar-refractivity contribution is 7.99. The Morgan fingerprint density at radius 1 is 1.35 bits per heavy atom. The van der Waals surface area contributed by atoms with Crippen LogP contribution in [0.25, 0.3) is 0 Å².